The molecule has 0 bridgehead atoms. The lowest BCUT2D eigenvalue weighted by Crippen LogP contribution is -2.13. The van der Waals surface area contributed by atoms with Gasteiger partial charge in [-0.1, -0.05) is 44.4 Å². The van der Waals surface area contributed by atoms with Crippen LogP contribution in [0.1, 0.15) is 55.7 Å². The Balaban J connectivity index is 1.95. The molecule has 0 spiro atoms. The zero-order valence-electron chi connectivity index (χ0n) is 10.8. The van der Waals surface area contributed by atoms with Crippen molar-refractivity contribution in [2.45, 2.75) is 58.3 Å². The summed E-state index contributed by atoms with van der Waals surface area (Å²) in [6, 6.07) is 6.75. The maximum absolute atomic E-state index is 11.4. The predicted molar refractivity (Wildman–Crippen MR) is 71.3 cm³/mol. The van der Waals surface area contributed by atoms with Gasteiger partial charge in [-0.2, -0.15) is 0 Å². The molecule has 0 aromatic heterocycles. The van der Waals surface area contributed by atoms with E-state index >= 15 is 0 Å². The standard InChI is InChI=1S/C16H22O/c1-2-3-4-5-6-13-7-8-14-9-10-16(17)12-15(14)11-13/h7-8,11H,2-6,9-10,12H2,1H3. The fraction of sp³-hybridized carbons (Fsp3) is 0.562. The maximum atomic E-state index is 11.4. The molecule has 0 amide bonds. The van der Waals surface area contributed by atoms with Gasteiger partial charge in [-0.15, -0.1) is 0 Å². The van der Waals surface area contributed by atoms with E-state index in [0.717, 1.165) is 12.8 Å². The number of carbonyl (C=O) groups excluding carboxylic acids is 1. The van der Waals surface area contributed by atoms with Gasteiger partial charge in [0, 0.05) is 12.8 Å². The van der Waals surface area contributed by atoms with Gasteiger partial charge in [-0.05, 0) is 36.0 Å². The second-order valence-corrected chi connectivity index (χ2v) is 5.13. The summed E-state index contributed by atoms with van der Waals surface area (Å²) in [5.74, 6) is 0.403. The maximum Gasteiger partial charge on any atom is 0.137 e. The van der Waals surface area contributed by atoms with E-state index in [-0.39, 0.29) is 0 Å². The van der Waals surface area contributed by atoms with Gasteiger partial charge < -0.3 is 0 Å². The Morgan fingerprint density at radius 1 is 1.06 bits per heavy atom. The van der Waals surface area contributed by atoms with Crippen LogP contribution >= 0.6 is 0 Å². The van der Waals surface area contributed by atoms with Crippen molar-refractivity contribution in [3.05, 3.63) is 34.9 Å². The first-order chi connectivity index (χ1) is 8.29. The Kier molecular flexibility index (Phi) is 4.36. The normalized spacial score (nSPS) is 14.8. The van der Waals surface area contributed by atoms with Crippen molar-refractivity contribution in [3.63, 3.8) is 0 Å². The fourth-order valence-electron chi connectivity index (χ4n) is 2.57. The molecule has 0 aliphatic heterocycles. The average Bonchev–Trinajstić information content (AvgIpc) is 2.34. The monoisotopic (exact) mass is 230 g/mol. The van der Waals surface area contributed by atoms with E-state index in [1.807, 2.05) is 0 Å². The topological polar surface area (TPSA) is 17.1 Å². The molecule has 0 N–H and O–H groups in total. The molecule has 1 aliphatic carbocycles. The van der Waals surface area contributed by atoms with Gasteiger partial charge >= 0.3 is 0 Å². The summed E-state index contributed by atoms with van der Waals surface area (Å²) >= 11 is 0. The number of unbranched alkanes of at least 4 members (excludes halogenated alkanes) is 3. The molecule has 1 aliphatic rings. The number of ketones is 1. The zero-order chi connectivity index (χ0) is 12.1. The van der Waals surface area contributed by atoms with E-state index in [9.17, 15) is 4.79 Å². The Labute approximate surface area is 104 Å². The van der Waals surface area contributed by atoms with Crippen LogP contribution in [0.3, 0.4) is 0 Å². The second-order valence-electron chi connectivity index (χ2n) is 5.13. The van der Waals surface area contributed by atoms with Crippen LogP contribution in [0, 0.1) is 0 Å². The highest BCUT2D eigenvalue weighted by Crippen LogP contribution is 2.21. The SMILES string of the molecule is CCCCCCc1ccc2c(c1)CC(=O)CC2. The lowest BCUT2D eigenvalue weighted by molar-refractivity contribution is -0.118. The number of hydrogen-bond acceptors (Lipinski definition) is 1. The summed E-state index contributed by atoms with van der Waals surface area (Å²) in [5.41, 5.74) is 4.09. The highest BCUT2D eigenvalue weighted by atomic mass is 16.1. The van der Waals surface area contributed by atoms with Crippen molar-refractivity contribution >= 4 is 5.78 Å². The molecule has 0 radical (unpaired) electrons. The highest BCUT2D eigenvalue weighted by Gasteiger charge is 2.15. The summed E-state index contributed by atoms with van der Waals surface area (Å²) in [7, 11) is 0. The number of rotatable bonds is 5. The second kappa shape index (κ2) is 6.00. The van der Waals surface area contributed by atoms with Crippen LogP contribution in [0.5, 0.6) is 0 Å². The van der Waals surface area contributed by atoms with Gasteiger partial charge in [0.25, 0.3) is 0 Å². The quantitative estimate of drug-likeness (QED) is 0.702. The lowest BCUT2D eigenvalue weighted by Gasteiger charge is -2.15. The van der Waals surface area contributed by atoms with Crippen molar-refractivity contribution in [2.75, 3.05) is 0 Å². The van der Waals surface area contributed by atoms with E-state index in [1.54, 1.807) is 0 Å². The van der Waals surface area contributed by atoms with Crippen molar-refractivity contribution < 1.29 is 4.79 Å². The van der Waals surface area contributed by atoms with E-state index in [4.69, 9.17) is 0 Å². The minimum absolute atomic E-state index is 0.403. The Hall–Kier alpha value is -1.11. The van der Waals surface area contributed by atoms with Crippen molar-refractivity contribution in [2.24, 2.45) is 0 Å². The van der Waals surface area contributed by atoms with E-state index < -0.39 is 0 Å². The molecule has 2 rings (SSSR count). The first-order valence-corrected chi connectivity index (χ1v) is 6.92. The van der Waals surface area contributed by atoms with Gasteiger partial charge in [-0.25, -0.2) is 0 Å². The first kappa shape index (κ1) is 12.3. The third-order valence-corrected chi connectivity index (χ3v) is 3.65. The number of benzene rings is 1. The Morgan fingerprint density at radius 3 is 2.76 bits per heavy atom. The number of fused-ring (bicyclic) bond motifs is 1. The van der Waals surface area contributed by atoms with Crippen LogP contribution in [0.4, 0.5) is 0 Å². The minimum atomic E-state index is 0.403. The molecule has 92 valence electrons. The molecule has 17 heavy (non-hydrogen) atoms. The molecule has 1 aromatic rings. The van der Waals surface area contributed by atoms with Crippen LogP contribution in [0.25, 0.3) is 0 Å². The van der Waals surface area contributed by atoms with Gasteiger partial charge in [0.15, 0.2) is 0 Å². The van der Waals surface area contributed by atoms with Crippen molar-refractivity contribution in [1.29, 1.82) is 0 Å². The number of Topliss-reactive ketones (excluding diaryl/α,β-unsaturated/α-hetero) is 1. The fourth-order valence-corrected chi connectivity index (χ4v) is 2.57. The summed E-state index contributed by atoms with van der Waals surface area (Å²) in [4.78, 5) is 11.4. The number of carbonyl (C=O) groups is 1. The molecule has 1 nitrogen and oxygen atoms in total. The molecule has 0 heterocycles. The summed E-state index contributed by atoms with van der Waals surface area (Å²) in [6.07, 6.45) is 8.75. The molecular formula is C16H22O. The van der Waals surface area contributed by atoms with Crippen LogP contribution in [0.15, 0.2) is 18.2 Å². The lowest BCUT2D eigenvalue weighted by atomic mass is 9.89. The predicted octanol–water partition coefficient (Wildman–Crippen LogP) is 3.87. The van der Waals surface area contributed by atoms with Gasteiger partial charge in [0.2, 0.25) is 0 Å². The summed E-state index contributed by atoms with van der Waals surface area (Å²) in [5, 5.41) is 0. The molecule has 1 aromatic carbocycles. The van der Waals surface area contributed by atoms with Crippen LogP contribution in [-0.2, 0) is 24.1 Å². The van der Waals surface area contributed by atoms with E-state index in [2.05, 4.69) is 25.1 Å². The van der Waals surface area contributed by atoms with Gasteiger partial charge in [0.05, 0.1) is 0 Å². The number of aryl methyl sites for hydroxylation is 2. The molecule has 0 atom stereocenters. The largest absolute Gasteiger partial charge is 0.299 e. The van der Waals surface area contributed by atoms with Gasteiger partial charge in [0.1, 0.15) is 5.78 Å². The van der Waals surface area contributed by atoms with E-state index in [0.29, 0.717) is 12.2 Å². The van der Waals surface area contributed by atoms with Crippen LogP contribution < -0.4 is 0 Å². The minimum Gasteiger partial charge on any atom is -0.299 e. The molecule has 1 heteroatoms. The summed E-state index contributed by atoms with van der Waals surface area (Å²) in [6.45, 7) is 2.24. The molecule has 0 fully saturated rings. The van der Waals surface area contributed by atoms with Gasteiger partial charge in [-0.3, -0.25) is 4.79 Å². The van der Waals surface area contributed by atoms with Crippen molar-refractivity contribution in [1.82, 2.24) is 0 Å². The van der Waals surface area contributed by atoms with Crippen molar-refractivity contribution in [3.8, 4) is 0 Å². The average molecular weight is 230 g/mol. The highest BCUT2D eigenvalue weighted by molar-refractivity contribution is 5.83. The Bertz CT molecular complexity index is 393. The Morgan fingerprint density at radius 2 is 1.94 bits per heavy atom. The van der Waals surface area contributed by atoms with Crippen LogP contribution in [-0.4, -0.2) is 5.78 Å². The molecule has 0 unspecified atom stereocenters. The third kappa shape index (κ3) is 3.42. The smallest absolute Gasteiger partial charge is 0.137 e. The first-order valence-electron chi connectivity index (χ1n) is 6.92. The third-order valence-electron chi connectivity index (χ3n) is 3.65. The molecular weight excluding hydrogens is 208 g/mol. The summed E-state index contributed by atoms with van der Waals surface area (Å²) < 4.78 is 0. The van der Waals surface area contributed by atoms with E-state index in [1.165, 1.54) is 48.8 Å². The van der Waals surface area contributed by atoms with Crippen LogP contribution in [0.2, 0.25) is 0 Å². The number of hydrogen-bond donors (Lipinski definition) is 0. The zero-order valence-corrected chi connectivity index (χ0v) is 10.8. The molecule has 0 saturated heterocycles. The molecule has 0 saturated carbocycles.